The molecule has 1 aliphatic rings. The molecule has 2 amide bonds. The van der Waals surface area contributed by atoms with E-state index in [1.807, 2.05) is 0 Å². The van der Waals surface area contributed by atoms with Crippen LogP contribution in [0.25, 0.3) is 0 Å². The number of methoxy groups -OCH3 is 2. The molecule has 1 saturated heterocycles. The molecule has 6 nitrogen and oxygen atoms in total. The van der Waals surface area contributed by atoms with Crippen LogP contribution >= 0.6 is 0 Å². The van der Waals surface area contributed by atoms with E-state index in [9.17, 15) is 9.59 Å². The maximum Gasteiger partial charge on any atom is 0.411 e. The van der Waals surface area contributed by atoms with Gasteiger partial charge in [-0.1, -0.05) is 0 Å². The van der Waals surface area contributed by atoms with Gasteiger partial charge in [0.2, 0.25) is 0 Å². The van der Waals surface area contributed by atoms with Crippen molar-refractivity contribution in [3.63, 3.8) is 0 Å². The number of hydrogen-bond acceptors (Lipinski definition) is 4. The zero-order chi connectivity index (χ0) is 11.3. The fourth-order valence-corrected chi connectivity index (χ4v) is 1.61. The number of amides is 2. The first-order chi connectivity index (χ1) is 7.19. The number of hydrogen-bond donors (Lipinski definition) is 1. The first-order valence-electron chi connectivity index (χ1n) is 4.88. The minimum atomic E-state index is -0.532. The maximum absolute atomic E-state index is 11.4. The summed E-state index contributed by atoms with van der Waals surface area (Å²) in [4.78, 5) is 23.9. The molecule has 6 heteroatoms. The number of alkyl carbamates (subject to hydrolysis) is 1. The summed E-state index contributed by atoms with van der Waals surface area (Å²) < 4.78 is 9.12. The number of nitrogens with zero attached hydrogens (tertiary/aromatic N) is 1. The van der Waals surface area contributed by atoms with Crippen LogP contribution in [0.4, 0.5) is 9.59 Å². The second-order valence-corrected chi connectivity index (χ2v) is 3.31. The summed E-state index contributed by atoms with van der Waals surface area (Å²) in [7, 11) is 2.62. The Kier molecular flexibility index (Phi) is 4.20. The lowest BCUT2D eigenvalue weighted by Crippen LogP contribution is -2.53. The lowest BCUT2D eigenvalue weighted by molar-refractivity contribution is 0.0755. The Balaban J connectivity index is 2.57. The molecule has 0 saturated carbocycles. The normalized spacial score (nSPS) is 20.7. The smallest absolute Gasteiger partial charge is 0.411 e. The highest BCUT2D eigenvalue weighted by molar-refractivity contribution is 5.71. The van der Waals surface area contributed by atoms with Crippen LogP contribution in [0.5, 0.6) is 0 Å². The predicted octanol–water partition coefficient (Wildman–Crippen LogP) is 0.921. The zero-order valence-electron chi connectivity index (χ0n) is 8.99. The van der Waals surface area contributed by atoms with Gasteiger partial charge in [-0.15, -0.1) is 0 Å². The van der Waals surface area contributed by atoms with Crippen molar-refractivity contribution < 1.29 is 19.1 Å². The average Bonchev–Trinajstić information content (AvgIpc) is 2.28. The molecule has 15 heavy (non-hydrogen) atoms. The Labute approximate surface area is 88.5 Å². The van der Waals surface area contributed by atoms with Crippen LogP contribution in [0.1, 0.15) is 19.3 Å². The van der Waals surface area contributed by atoms with Crippen molar-refractivity contribution in [1.82, 2.24) is 10.2 Å². The van der Waals surface area contributed by atoms with Crippen LogP contribution in [-0.2, 0) is 9.47 Å². The van der Waals surface area contributed by atoms with Crippen LogP contribution in [0.2, 0.25) is 0 Å². The van der Waals surface area contributed by atoms with Crippen LogP contribution in [-0.4, -0.2) is 44.0 Å². The number of carbonyl (C=O) groups is 2. The number of piperidine rings is 1. The fourth-order valence-electron chi connectivity index (χ4n) is 1.61. The Morgan fingerprint density at radius 1 is 1.27 bits per heavy atom. The van der Waals surface area contributed by atoms with Gasteiger partial charge in [-0.2, -0.15) is 0 Å². The molecule has 1 heterocycles. The zero-order valence-corrected chi connectivity index (χ0v) is 8.99. The Morgan fingerprint density at radius 2 is 2.00 bits per heavy atom. The SMILES string of the molecule is COC(=O)NC1CCCCN1C(=O)OC. The van der Waals surface area contributed by atoms with Gasteiger partial charge < -0.3 is 14.8 Å². The molecule has 0 aliphatic carbocycles. The van der Waals surface area contributed by atoms with E-state index in [0.717, 1.165) is 19.3 Å². The van der Waals surface area contributed by atoms with Crippen LogP contribution < -0.4 is 5.32 Å². The molecule has 0 aromatic carbocycles. The van der Waals surface area contributed by atoms with E-state index in [1.54, 1.807) is 0 Å². The quantitative estimate of drug-likeness (QED) is 0.707. The first kappa shape index (κ1) is 11.6. The molecule has 0 bridgehead atoms. The highest BCUT2D eigenvalue weighted by atomic mass is 16.5. The maximum atomic E-state index is 11.4. The van der Waals surface area contributed by atoms with Crippen LogP contribution in [0, 0.1) is 0 Å². The molecule has 1 rings (SSSR count). The highest BCUT2D eigenvalue weighted by Gasteiger charge is 2.28. The number of likely N-dealkylation sites (tertiary alicyclic amines) is 1. The number of ether oxygens (including phenoxy) is 2. The van der Waals surface area contributed by atoms with Crippen LogP contribution in [0.15, 0.2) is 0 Å². The van der Waals surface area contributed by atoms with Crippen molar-refractivity contribution in [3.05, 3.63) is 0 Å². The average molecular weight is 216 g/mol. The van der Waals surface area contributed by atoms with Gasteiger partial charge in [-0.05, 0) is 19.3 Å². The predicted molar refractivity (Wildman–Crippen MR) is 52.3 cm³/mol. The Bertz CT molecular complexity index is 244. The topological polar surface area (TPSA) is 67.9 Å². The molecule has 1 atom stereocenters. The largest absolute Gasteiger partial charge is 0.453 e. The molecular weight excluding hydrogens is 200 g/mol. The van der Waals surface area contributed by atoms with Gasteiger partial charge in [0.05, 0.1) is 14.2 Å². The van der Waals surface area contributed by atoms with E-state index in [0.29, 0.717) is 6.54 Å². The minimum Gasteiger partial charge on any atom is -0.453 e. The second-order valence-electron chi connectivity index (χ2n) is 3.31. The van der Waals surface area contributed by atoms with Gasteiger partial charge in [0, 0.05) is 6.54 Å². The van der Waals surface area contributed by atoms with Gasteiger partial charge >= 0.3 is 12.2 Å². The van der Waals surface area contributed by atoms with Gasteiger partial charge in [0.25, 0.3) is 0 Å². The molecule has 1 fully saturated rings. The first-order valence-corrected chi connectivity index (χ1v) is 4.88. The molecule has 0 aromatic rings. The lowest BCUT2D eigenvalue weighted by atomic mass is 10.1. The summed E-state index contributed by atoms with van der Waals surface area (Å²) in [6.45, 7) is 0.599. The van der Waals surface area contributed by atoms with Crippen molar-refractivity contribution in [2.45, 2.75) is 25.4 Å². The third-order valence-electron chi connectivity index (χ3n) is 2.38. The summed E-state index contributed by atoms with van der Waals surface area (Å²) >= 11 is 0. The van der Waals surface area contributed by atoms with E-state index >= 15 is 0 Å². The molecule has 1 aliphatic heterocycles. The molecule has 1 N–H and O–H groups in total. The van der Waals surface area contributed by atoms with E-state index in [-0.39, 0.29) is 6.17 Å². The van der Waals surface area contributed by atoms with E-state index in [2.05, 4.69) is 14.8 Å². The van der Waals surface area contributed by atoms with Gasteiger partial charge in [-0.3, -0.25) is 4.90 Å². The third kappa shape index (κ3) is 3.00. The van der Waals surface area contributed by atoms with E-state index < -0.39 is 12.2 Å². The Hall–Kier alpha value is -1.46. The standard InChI is InChI=1S/C9H16N2O4/c1-14-8(12)10-7-5-3-4-6-11(7)9(13)15-2/h7H,3-6H2,1-2H3,(H,10,12). The third-order valence-corrected chi connectivity index (χ3v) is 2.38. The second kappa shape index (κ2) is 5.43. The molecule has 0 radical (unpaired) electrons. The van der Waals surface area contributed by atoms with Gasteiger partial charge in [-0.25, -0.2) is 9.59 Å². The van der Waals surface area contributed by atoms with Crippen molar-refractivity contribution in [1.29, 1.82) is 0 Å². The number of carbonyl (C=O) groups excluding carboxylic acids is 2. The highest BCUT2D eigenvalue weighted by Crippen LogP contribution is 2.15. The monoisotopic (exact) mass is 216 g/mol. The van der Waals surface area contributed by atoms with Gasteiger partial charge in [0.1, 0.15) is 6.17 Å². The summed E-state index contributed by atoms with van der Waals surface area (Å²) in [5.74, 6) is 0. The van der Waals surface area contributed by atoms with Crippen LogP contribution in [0.3, 0.4) is 0 Å². The molecule has 0 aromatic heterocycles. The molecule has 86 valence electrons. The van der Waals surface area contributed by atoms with Gasteiger partial charge in [0.15, 0.2) is 0 Å². The minimum absolute atomic E-state index is 0.321. The molecular formula is C9H16N2O4. The molecule has 0 spiro atoms. The summed E-state index contributed by atoms with van der Waals surface area (Å²) in [6, 6.07) is 0. The Morgan fingerprint density at radius 3 is 2.60 bits per heavy atom. The van der Waals surface area contributed by atoms with Crippen molar-refractivity contribution in [2.24, 2.45) is 0 Å². The summed E-state index contributed by atoms with van der Waals surface area (Å²) in [6.07, 6.45) is 1.35. The lowest BCUT2D eigenvalue weighted by Gasteiger charge is -2.34. The van der Waals surface area contributed by atoms with Crippen molar-refractivity contribution in [2.75, 3.05) is 20.8 Å². The number of rotatable bonds is 1. The van der Waals surface area contributed by atoms with E-state index in [1.165, 1.54) is 19.1 Å². The van der Waals surface area contributed by atoms with E-state index in [4.69, 9.17) is 0 Å². The summed E-state index contributed by atoms with van der Waals surface area (Å²) in [5, 5.41) is 2.60. The molecule has 1 unspecified atom stereocenters. The fraction of sp³-hybridized carbons (Fsp3) is 0.778. The number of nitrogens with one attached hydrogen (secondary N) is 1. The van der Waals surface area contributed by atoms with Crippen molar-refractivity contribution in [3.8, 4) is 0 Å². The van der Waals surface area contributed by atoms with Crippen molar-refractivity contribution >= 4 is 12.2 Å². The summed E-state index contributed by atoms with van der Waals surface area (Å²) in [5.41, 5.74) is 0.